The highest BCUT2D eigenvalue weighted by molar-refractivity contribution is 7.62. The predicted molar refractivity (Wildman–Crippen MR) is 124 cm³/mol. The summed E-state index contributed by atoms with van der Waals surface area (Å²) in [6, 6.07) is 12.6. The van der Waals surface area contributed by atoms with Crippen LogP contribution in [-0.2, 0) is 20.2 Å². The monoisotopic (exact) mass is 480 g/mol. The van der Waals surface area contributed by atoms with Gasteiger partial charge in [0.15, 0.2) is 11.5 Å². The molecule has 0 spiro atoms. The quantitative estimate of drug-likeness (QED) is 0.359. The second-order valence-electron chi connectivity index (χ2n) is 6.52. The van der Waals surface area contributed by atoms with Crippen LogP contribution in [0.2, 0.25) is 5.02 Å². The van der Waals surface area contributed by atoms with E-state index in [1.54, 1.807) is 45.2 Å². The van der Waals surface area contributed by atoms with Crippen molar-refractivity contribution in [3.8, 4) is 23.0 Å². The molecule has 3 rings (SSSR count). The Morgan fingerprint density at radius 1 is 1.03 bits per heavy atom. The maximum atomic E-state index is 13.5. The maximum Gasteiger partial charge on any atom is 0.385 e. The highest BCUT2D eigenvalue weighted by Gasteiger charge is 2.36. The molecule has 0 atom stereocenters. The zero-order chi connectivity index (χ0) is 23.1. The average molecular weight is 481 g/mol. The van der Waals surface area contributed by atoms with Crippen LogP contribution in [0.15, 0.2) is 46.9 Å². The van der Waals surface area contributed by atoms with Gasteiger partial charge in [-0.05, 0) is 43.7 Å². The summed E-state index contributed by atoms with van der Waals surface area (Å²) >= 11 is 6.27. The van der Waals surface area contributed by atoms with Crippen LogP contribution in [0.3, 0.4) is 0 Å². The molecule has 10 heteroatoms. The third kappa shape index (κ3) is 5.27. The number of nitrogens with zero attached hydrogens (tertiary/aromatic N) is 1. The van der Waals surface area contributed by atoms with Crippen molar-refractivity contribution in [3.63, 3.8) is 0 Å². The number of anilines is 1. The molecule has 8 nitrogen and oxygen atoms in total. The van der Waals surface area contributed by atoms with E-state index in [9.17, 15) is 4.57 Å². The van der Waals surface area contributed by atoms with E-state index in [1.165, 1.54) is 7.11 Å². The number of aromatic nitrogens is 1. The van der Waals surface area contributed by atoms with Crippen molar-refractivity contribution in [2.24, 2.45) is 0 Å². The van der Waals surface area contributed by atoms with Crippen molar-refractivity contribution in [1.29, 1.82) is 0 Å². The van der Waals surface area contributed by atoms with Crippen molar-refractivity contribution in [1.82, 2.24) is 4.98 Å². The van der Waals surface area contributed by atoms with Gasteiger partial charge in [0.1, 0.15) is 0 Å². The van der Waals surface area contributed by atoms with Crippen molar-refractivity contribution in [3.05, 3.63) is 53.1 Å². The summed E-state index contributed by atoms with van der Waals surface area (Å²) < 4.78 is 41.1. The molecule has 0 saturated carbocycles. The number of nitrogens with one attached hydrogen (secondary N) is 1. The molecule has 1 N–H and O–H groups in total. The fourth-order valence-electron chi connectivity index (χ4n) is 3.02. The van der Waals surface area contributed by atoms with Crippen molar-refractivity contribution >= 4 is 30.5 Å². The Balaban J connectivity index is 2.05. The van der Waals surface area contributed by atoms with Gasteiger partial charge in [-0.3, -0.25) is 4.57 Å². The Morgan fingerprint density at radius 2 is 1.72 bits per heavy atom. The van der Waals surface area contributed by atoms with E-state index < -0.39 is 7.60 Å². The topological polar surface area (TPSA) is 92.1 Å². The molecule has 172 valence electrons. The smallest absolute Gasteiger partial charge is 0.385 e. The number of hydrogen-bond acceptors (Lipinski definition) is 8. The largest absolute Gasteiger partial charge is 0.493 e. The number of halogens is 1. The molecule has 0 saturated heterocycles. The summed E-state index contributed by atoms with van der Waals surface area (Å²) in [5.74, 6) is 1.48. The minimum absolute atomic E-state index is 0.0676. The fraction of sp³-hybridized carbons (Fsp3) is 0.318. The van der Waals surface area contributed by atoms with E-state index in [4.69, 9.17) is 34.5 Å². The van der Waals surface area contributed by atoms with Gasteiger partial charge in [-0.15, -0.1) is 0 Å². The lowest BCUT2D eigenvalue weighted by Gasteiger charge is -2.15. The van der Waals surface area contributed by atoms with Gasteiger partial charge < -0.3 is 28.3 Å². The molecular weight excluding hydrogens is 455 g/mol. The number of ether oxygens (including phenoxy) is 2. The molecule has 0 aliphatic heterocycles. The molecule has 1 heterocycles. The van der Waals surface area contributed by atoms with Crippen molar-refractivity contribution < 1.29 is 27.5 Å². The second-order valence-corrected chi connectivity index (χ2v) is 8.86. The van der Waals surface area contributed by atoms with E-state index in [0.29, 0.717) is 28.6 Å². The van der Waals surface area contributed by atoms with E-state index >= 15 is 0 Å². The molecule has 0 unspecified atom stereocenters. The Hall–Kier alpha value is -2.51. The molecule has 3 aromatic rings. The van der Waals surface area contributed by atoms with Gasteiger partial charge in [-0.2, -0.15) is 4.98 Å². The molecule has 32 heavy (non-hydrogen) atoms. The molecule has 0 radical (unpaired) electrons. The third-order valence-electron chi connectivity index (χ3n) is 4.49. The van der Waals surface area contributed by atoms with Crippen LogP contribution in [0.25, 0.3) is 11.5 Å². The molecule has 0 fully saturated rings. The SMILES string of the molecule is CCOP(=O)(OCC)c1nc(-c2ccc(OC)c(OC)c2)oc1NCc1ccccc1Cl. The minimum Gasteiger partial charge on any atom is -0.493 e. The summed E-state index contributed by atoms with van der Waals surface area (Å²) in [6.45, 7) is 4.15. The van der Waals surface area contributed by atoms with Crippen LogP contribution in [0.1, 0.15) is 19.4 Å². The van der Waals surface area contributed by atoms with Crippen molar-refractivity contribution in [2.75, 3.05) is 32.8 Å². The highest BCUT2D eigenvalue weighted by atomic mass is 35.5. The predicted octanol–water partition coefficient (Wildman–Crippen LogP) is 5.52. The number of methoxy groups -OCH3 is 2. The maximum absolute atomic E-state index is 13.5. The van der Waals surface area contributed by atoms with E-state index in [-0.39, 0.29) is 30.4 Å². The van der Waals surface area contributed by atoms with Gasteiger partial charge in [0, 0.05) is 17.1 Å². The Labute approximate surface area is 192 Å². The molecule has 1 aromatic heterocycles. The molecule has 0 bridgehead atoms. The highest BCUT2D eigenvalue weighted by Crippen LogP contribution is 2.49. The van der Waals surface area contributed by atoms with Crippen LogP contribution < -0.4 is 20.2 Å². The first-order valence-electron chi connectivity index (χ1n) is 10.1. The van der Waals surface area contributed by atoms with Gasteiger partial charge in [-0.25, -0.2) is 0 Å². The average Bonchev–Trinajstić information content (AvgIpc) is 3.23. The lowest BCUT2D eigenvalue weighted by Crippen LogP contribution is -2.16. The van der Waals surface area contributed by atoms with Gasteiger partial charge >= 0.3 is 7.60 Å². The van der Waals surface area contributed by atoms with E-state index in [2.05, 4.69) is 10.3 Å². The summed E-state index contributed by atoms with van der Waals surface area (Å²) in [4.78, 5) is 4.48. The lowest BCUT2D eigenvalue weighted by atomic mass is 10.2. The summed E-state index contributed by atoms with van der Waals surface area (Å²) in [5, 5.41) is 3.73. The first-order chi connectivity index (χ1) is 15.5. The van der Waals surface area contributed by atoms with Crippen LogP contribution in [0, 0.1) is 0 Å². The number of hydrogen-bond donors (Lipinski definition) is 1. The number of oxazole rings is 1. The van der Waals surface area contributed by atoms with E-state index in [1.807, 2.05) is 18.2 Å². The Morgan fingerprint density at radius 3 is 2.34 bits per heavy atom. The summed E-state index contributed by atoms with van der Waals surface area (Å²) in [5.41, 5.74) is 1.51. The Kier molecular flexibility index (Phi) is 8.21. The zero-order valence-corrected chi connectivity index (χ0v) is 20.0. The molecular formula is C22H26ClN2O6P. The first-order valence-corrected chi connectivity index (χ1v) is 12.0. The van der Waals surface area contributed by atoms with Crippen LogP contribution >= 0.6 is 19.2 Å². The summed E-state index contributed by atoms with van der Waals surface area (Å²) in [7, 11) is -0.640. The normalized spacial score (nSPS) is 11.4. The number of benzene rings is 2. The van der Waals surface area contributed by atoms with Crippen LogP contribution in [0.4, 0.5) is 5.88 Å². The zero-order valence-electron chi connectivity index (χ0n) is 18.4. The standard InChI is InChI=1S/C22H26ClN2O6P/c1-5-29-32(26,30-6-2)22-21(24-14-16-9-7-8-10-17(16)23)31-20(25-22)15-11-12-18(27-3)19(13-15)28-4/h7-13,24H,5-6,14H2,1-4H3. The van der Waals surface area contributed by atoms with Crippen LogP contribution in [-0.4, -0.2) is 32.4 Å². The first kappa shape index (κ1) is 24.1. The van der Waals surface area contributed by atoms with Gasteiger partial charge in [0.25, 0.3) is 0 Å². The minimum atomic E-state index is -3.73. The van der Waals surface area contributed by atoms with Crippen molar-refractivity contribution in [2.45, 2.75) is 20.4 Å². The van der Waals surface area contributed by atoms with Gasteiger partial charge in [0.05, 0.1) is 27.4 Å². The third-order valence-corrected chi connectivity index (χ3v) is 6.88. The second kappa shape index (κ2) is 10.9. The Bertz CT molecular complexity index is 1090. The number of rotatable bonds is 11. The lowest BCUT2D eigenvalue weighted by molar-refractivity contribution is 0.229. The van der Waals surface area contributed by atoms with Gasteiger partial charge in [0.2, 0.25) is 17.2 Å². The molecule has 2 aromatic carbocycles. The molecule has 0 aliphatic carbocycles. The van der Waals surface area contributed by atoms with Gasteiger partial charge in [-0.1, -0.05) is 29.8 Å². The fourth-order valence-corrected chi connectivity index (χ4v) is 4.81. The summed E-state index contributed by atoms with van der Waals surface area (Å²) in [6.07, 6.45) is 0. The molecule has 0 amide bonds. The van der Waals surface area contributed by atoms with Crippen LogP contribution in [0.5, 0.6) is 11.5 Å². The van der Waals surface area contributed by atoms with E-state index in [0.717, 1.165) is 5.56 Å². The molecule has 0 aliphatic rings.